The molecule has 0 aliphatic heterocycles. The van der Waals surface area contributed by atoms with Crippen LogP contribution in [0.1, 0.15) is 128 Å². The zero-order valence-corrected chi connectivity index (χ0v) is 19.8. The molecule has 1 aromatic rings. The summed E-state index contributed by atoms with van der Waals surface area (Å²) in [4.78, 5) is 0. The van der Waals surface area contributed by atoms with E-state index in [0.29, 0.717) is 0 Å². The molecule has 2 nitrogen and oxygen atoms in total. The molecule has 0 fully saturated rings. The predicted molar refractivity (Wildman–Crippen MR) is 130 cm³/mol. The van der Waals surface area contributed by atoms with Gasteiger partial charge >= 0.3 is 0 Å². The average molecular weight is 421 g/mol. The Morgan fingerprint density at radius 1 is 0.667 bits per heavy atom. The minimum absolute atomic E-state index is 0.0103. The summed E-state index contributed by atoms with van der Waals surface area (Å²) in [6.45, 7) is 4.29. The van der Waals surface area contributed by atoms with Crippen molar-refractivity contribution in [3.05, 3.63) is 35.6 Å². The first-order chi connectivity index (χ1) is 14.7. The lowest BCUT2D eigenvalue weighted by Gasteiger charge is -2.12. The van der Waals surface area contributed by atoms with E-state index in [-0.39, 0.29) is 11.9 Å². The van der Waals surface area contributed by atoms with Crippen molar-refractivity contribution in [3.8, 4) is 0 Å². The third-order valence-corrected chi connectivity index (χ3v) is 6.14. The van der Waals surface area contributed by atoms with Gasteiger partial charge in [-0.1, -0.05) is 115 Å². The number of benzene rings is 1. The van der Waals surface area contributed by atoms with Gasteiger partial charge in [0.1, 0.15) is 5.82 Å². The number of unbranched alkanes of at least 4 members (excludes halogenated alkanes) is 15. The normalized spacial score (nSPS) is 12.4. The molecule has 1 rings (SSSR count). The monoisotopic (exact) mass is 420 g/mol. The molecule has 0 bridgehead atoms. The maximum Gasteiger partial charge on any atom is 0.123 e. The number of rotatable bonds is 21. The van der Waals surface area contributed by atoms with E-state index in [9.17, 15) is 4.39 Å². The van der Waals surface area contributed by atoms with Gasteiger partial charge in [-0.25, -0.2) is 4.39 Å². The van der Waals surface area contributed by atoms with Crippen molar-refractivity contribution < 1.29 is 4.39 Å². The van der Waals surface area contributed by atoms with Gasteiger partial charge in [-0.05, 0) is 43.6 Å². The molecule has 0 aromatic heterocycles. The molecule has 0 aliphatic rings. The molecular weight excluding hydrogens is 371 g/mol. The van der Waals surface area contributed by atoms with Gasteiger partial charge in [-0.2, -0.15) is 0 Å². The SMILES string of the molecule is CCCCCCCCCCCCCCCCCCNCCC(N)c1ccc(F)cc1. The first-order valence-electron chi connectivity index (χ1n) is 13.0. The van der Waals surface area contributed by atoms with Crippen LogP contribution in [0.2, 0.25) is 0 Å². The van der Waals surface area contributed by atoms with E-state index >= 15 is 0 Å². The molecule has 1 atom stereocenters. The van der Waals surface area contributed by atoms with Gasteiger partial charge in [0, 0.05) is 6.04 Å². The average Bonchev–Trinajstić information content (AvgIpc) is 2.75. The van der Waals surface area contributed by atoms with Crippen LogP contribution in [0, 0.1) is 5.82 Å². The molecule has 0 radical (unpaired) electrons. The summed E-state index contributed by atoms with van der Waals surface area (Å²) in [6.07, 6.45) is 23.4. The van der Waals surface area contributed by atoms with Crippen molar-refractivity contribution in [2.45, 2.75) is 122 Å². The van der Waals surface area contributed by atoms with Gasteiger partial charge in [-0.15, -0.1) is 0 Å². The molecule has 0 saturated heterocycles. The van der Waals surface area contributed by atoms with E-state index in [2.05, 4.69) is 12.2 Å². The van der Waals surface area contributed by atoms with Crippen molar-refractivity contribution in [2.75, 3.05) is 13.1 Å². The Bertz CT molecular complexity index is 474. The van der Waals surface area contributed by atoms with Gasteiger partial charge in [-0.3, -0.25) is 0 Å². The lowest BCUT2D eigenvalue weighted by Crippen LogP contribution is -2.22. The quantitative estimate of drug-likeness (QED) is 0.197. The molecule has 0 saturated carbocycles. The Morgan fingerprint density at radius 3 is 1.57 bits per heavy atom. The smallest absolute Gasteiger partial charge is 0.123 e. The third-order valence-electron chi connectivity index (χ3n) is 6.14. The second-order valence-electron chi connectivity index (χ2n) is 9.00. The minimum atomic E-state index is -0.201. The maximum atomic E-state index is 12.9. The maximum absolute atomic E-state index is 12.9. The summed E-state index contributed by atoms with van der Waals surface area (Å²) in [5.74, 6) is -0.201. The molecule has 3 heteroatoms. The highest BCUT2D eigenvalue weighted by molar-refractivity contribution is 5.19. The zero-order valence-electron chi connectivity index (χ0n) is 19.8. The number of hydrogen-bond donors (Lipinski definition) is 2. The fourth-order valence-electron chi connectivity index (χ4n) is 4.06. The Morgan fingerprint density at radius 2 is 1.10 bits per heavy atom. The van der Waals surface area contributed by atoms with E-state index < -0.39 is 0 Å². The Hall–Kier alpha value is -0.930. The van der Waals surface area contributed by atoms with Crippen LogP contribution in [-0.4, -0.2) is 13.1 Å². The Balaban J connectivity index is 1.75. The summed E-state index contributed by atoms with van der Waals surface area (Å²) < 4.78 is 12.9. The van der Waals surface area contributed by atoms with Crippen LogP contribution in [0.3, 0.4) is 0 Å². The van der Waals surface area contributed by atoms with Crippen LogP contribution in [-0.2, 0) is 0 Å². The molecule has 1 unspecified atom stereocenters. The molecule has 174 valence electrons. The second-order valence-corrected chi connectivity index (χ2v) is 9.00. The van der Waals surface area contributed by atoms with Crippen molar-refractivity contribution >= 4 is 0 Å². The molecule has 0 heterocycles. The Kier molecular flexibility index (Phi) is 18.1. The van der Waals surface area contributed by atoms with Gasteiger partial charge < -0.3 is 11.1 Å². The third kappa shape index (κ3) is 15.8. The van der Waals surface area contributed by atoms with Crippen molar-refractivity contribution in [1.29, 1.82) is 0 Å². The first kappa shape index (κ1) is 27.1. The van der Waals surface area contributed by atoms with Crippen LogP contribution in [0.25, 0.3) is 0 Å². The van der Waals surface area contributed by atoms with E-state index in [0.717, 1.165) is 25.1 Å². The van der Waals surface area contributed by atoms with Gasteiger partial charge in [0.15, 0.2) is 0 Å². The van der Waals surface area contributed by atoms with E-state index in [1.54, 1.807) is 12.1 Å². The molecule has 3 N–H and O–H groups in total. The molecular formula is C27H49FN2. The van der Waals surface area contributed by atoms with Gasteiger partial charge in [0.05, 0.1) is 0 Å². The fourth-order valence-corrected chi connectivity index (χ4v) is 4.06. The molecule has 1 aromatic carbocycles. The summed E-state index contributed by atoms with van der Waals surface area (Å²) in [5, 5.41) is 3.49. The van der Waals surface area contributed by atoms with E-state index in [4.69, 9.17) is 5.73 Å². The van der Waals surface area contributed by atoms with Crippen molar-refractivity contribution in [1.82, 2.24) is 5.32 Å². The lowest BCUT2D eigenvalue weighted by molar-refractivity contribution is 0.520. The summed E-state index contributed by atoms with van der Waals surface area (Å²) in [6, 6.07) is 6.53. The first-order valence-corrected chi connectivity index (χ1v) is 13.0. The molecule has 0 aliphatic carbocycles. The van der Waals surface area contributed by atoms with Crippen molar-refractivity contribution in [3.63, 3.8) is 0 Å². The number of halogens is 1. The van der Waals surface area contributed by atoms with Crippen LogP contribution in [0.5, 0.6) is 0 Å². The highest BCUT2D eigenvalue weighted by Crippen LogP contribution is 2.15. The minimum Gasteiger partial charge on any atom is -0.324 e. The van der Waals surface area contributed by atoms with Crippen LogP contribution >= 0.6 is 0 Å². The largest absolute Gasteiger partial charge is 0.324 e. The Labute approximate surface area is 186 Å². The second kappa shape index (κ2) is 20.0. The predicted octanol–water partition coefficient (Wildman–Crippen LogP) is 8.07. The zero-order chi connectivity index (χ0) is 21.7. The van der Waals surface area contributed by atoms with Gasteiger partial charge in [0.2, 0.25) is 0 Å². The number of hydrogen-bond acceptors (Lipinski definition) is 2. The lowest BCUT2D eigenvalue weighted by atomic mass is 10.0. The topological polar surface area (TPSA) is 38.0 Å². The van der Waals surface area contributed by atoms with Crippen LogP contribution in [0.15, 0.2) is 24.3 Å². The van der Waals surface area contributed by atoms with Gasteiger partial charge in [0.25, 0.3) is 0 Å². The van der Waals surface area contributed by atoms with Crippen molar-refractivity contribution in [2.24, 2.45) is 5.73 Å². The molecule has 0 amide bonds. The molecule has 30 heavy (non-hydrogen) atoms. The summed E-state index contributed by atoms with van der Waals surface area (Å²) in [5.41, 5.74) is 7.17. The standard InChI is InChI=1S/C27H49FN2/c1-2-3-4-5-6-7-8-9-10-11-12-13-14-15-16-17-23-30-24-22-27(29)25-18-20-26(28)21-19-25/h18-21,27,30H,2-17,22-24,29H2,1H3. The van der Waals surface area contributed by atoms with E-state index in [1.165, 1.54) is 115 Å². The van der Waals surface area contributed by atoms with Crippen LogP contribution < -0.4 is 11.1 Å². The summed E-state index contributed by atoms with van der Waals surface area (Å²) >= 11 is 0. The van der Waals surface area contributed by atoms with Crippen LogP contribution in [0.4, 0.5) is 4.39 Å². The highest BCUT2D eigenvalue weighted by atomic mass is 19.1. The molecule has 0 spiro atoms. The fraction of sp³-hybridized carbons (Fsp3) is 0.778. The van der Waals surface area contributed by atoms with E-state index in [1.807, 2.05) is 0 Å². The number of nitrogens with one attached hydrogen (secondary N) is 1. The number of nitrogens with two attached hydrogens (primary N) is 1. The highest BCUT2D eigenvalue weighted by Gasteiger charge is 2.05. The summed E-state index contributed by atoms with van der Waals surface area (Å²) in [7, 11) is 0.